The number of benzene rings is 2. The number of hydrogen-bond acceptors (Lipinski definition) is 2. The van der Waals surface area contributed by atoms with Crippen LogP contribution in [0, 0.1) is 0 Å². The highest BCUT2D eigenvalue weighted by molar-refractivity contribution is 9.11. The molecule has 106 valence electrons. The van der Waals surface area contributed by atoms with Gasteiger partial charge in [0.15, 0.2) is 0 Å². The van der Waals surface area contributed by atoms with Crippen molar-refractivity contribution in [3.63, 3.8) is 0 Å². The molecule has 0 bridgehead atoms. The van der Waals surface area contributed by atoms with Gasteiger partial charge >= 0.3 is 0 Å². The Morgan fingerprint density at radius 1 is 1.00 bits per heavy atom. The van der Waals surface area contributed by atoms with Crippen molar-refractivity contribution < 1.29 is 4.74 Å². The highest BCUT2D eigenvalue weighted by atomic mass is 79.9. The first-order chi connectivity index (χ1) is 9.49. The Balaban J connectivity index is 2.18. The quantitative estimate of drug-likeness (QED) is 0.617. The molecule has 1 N–H and O–H groups in total. The SMILES string of the molecule is COc1cc(NCc2cc(Cl)cc(Cl)c2)c(Br)cc1Br. The maximum absolute atomic E-state index is 5.98. The molecule has 0 saturated heterocycles. The number of ether oxygens (including phenoxy) is 1. The summed E-state index contributed by atoms with van der Waals surface area (Å²) in [6, 6.07) is 9.33. The maximum atomic E-state index is 5.98. The van der Waals surface area contributed by atoms with Gasteiger partial charge in [-0.25, -0.2) is 0 Å². The fourth-order valence-electron chi connectivity index (χ4n) is 1.73. The van der Waals surface area contributed by atoms with E-state index in [2.05, 4.69) is 37.2 Å². The molecule has 0 heterocycles. The third kappa shape index (κ3) is 4.04. The van der Waals surface area contributed by atoms with Crippen LogP contribution in [0.3, 0.4) is 0 Å². The van der Waals surface area contributed by atoms with E-state index < -0.39 is 0 Å². The van der Waals surface area contributed by atoms with E-state index in [4.69, 9.17) is 27.9 Å². The second kappa shape index (κ2) is 7.03. The summed E-state index contributed by atoms with van der Waals surface area (Å²) in [5.41, 5.74) is 1.94. The predicted molar refractivity (Wildman–Crippen MR) is 92.2 cm³/mol. The van der Waals surface area contributed by atoms with Gasteiger partial charge in [0.05, 0.1) is 17.3 Å². The fourth-order valence-corrected chi connectivity index (χ4v) is 3.60. The van der Waals surface area contributed by atoms with E-state index in [1.165, 1.54) is 0 Å². The maximum Gasteiger partial charge on any atom is 0.135 e. The number of rotatable bonds is 4. The summed E-state index contributed by atoms with van der Waals surface area (Å²) in [5, 5.41) is 4.57. The van der Waals surface area contributed by atoms with Gasteiger partial charge in [0.25, 0.3) is 0 Å². The van der Waals surface area contributed by atoms with Crippen molar-refractivity contribution >= 4 is 60.7 Å². The van der Waals surface area contributed by atoms with Crippen LogP contribution in [-0.4, -0.2) is 7.11 Å². The zero-order chi connectivity index (χ0) is 14.7. The standard InChI is InChI=1S/C14H11Br2Cl2NO/c1-20-14-6-13(11(15)5-12(14)16)19-7-8-2-9(17)4-10(18)3-8/h2-6,19H,7H2,1H3. The Hall–Kier alpha value is -0.420. The van der Waals surface area contributed by atoms with E-state index in [0.717, 1.165) is 25.9 Å². The number of hydrogen-bond donors (Lipinski definition) is 1. The van der Waals surface area contributed by atoms with E-state index in [9.17, 15) is 0 Å². The molecular weight excluding hydrogens is 429 g/mol. The zero-order valence-electron chi connectivity index (χ0n) is 10.5. The van der Waals surface area contributed by atoms with Crippen LogP contribution in [0.25, 0.3) is 0 Å². The summed E-state index contributed by atoms with van der Waals surface area (Å²) in [7, 11) is 1.63. The zero-order valence-corrected chi connectivity index (χ0v) is 15.2. The predicted octanol–water partition coefficient (Wildman–Crippen LogP) is 6.14. The lowest BCUT2D eigenvalue weighted by Gasteiger charge is -2.12. The molecule has 0 saturated carbocycles. The summed E-state index contributed by atoms with van der Waals surface area (Å²) in [6.07, 6.45) is 0. The topological polar surface area (TPSA) is 21.3 Å². The second-order valence-electron chi connectivity index (χ2n) is 4.10. The average molecular weight is 440 g/mol. The molecule has 0 aliphatic heterocycles. The third-order valence-electron chi connectivity index (χ3n) is 2.65. The van der Waals surface area contributed by atoms with Crippen LogP contribution in [0.2, 0.25) is 10.0 Å². The van der Waals surface area contributed by atoms with Gasteiger partial charge in [0.2, 0.25) is 0 Å². The van der Waals surface area contributed by atoms with E-state index in [-0.39, 0.29) is 0 Å². The van der Waals surface area contributed by atoms with Crippen molar-refractivity contribution in [2.75, 3.05) is 12.4 Å². The van der Waals surface area contributed by atoms with Gasteiger partial charge in [-0.3, -0.25) is 0 Å². The van der Waals surface area contributed by atoms with Gasteiger partial charge in [-0.2, -0.15) is 0 Å². The molecule has 0 aliphatic rings. The normalized spacial score (nSPS) is 10.4. The van der Waals surface area contributed by atoms with Crippen molar-refractivity contribution in [1.29, 1.82) is 0 Å². The molecule has 2 aromatic rings. The van der Waals surface area contributed by atoms with Crippen LogP contribution < -0.4 is 10.1 Å². The molecule has 0 atom stereocenters. The largest absolute Gasteiger partial charge is 0.495 e. The number of methoxy groups -OCH3 is 1. The summed E-state index contributed by atoms with van der Waals surface area (Å²) in [6.45, 7) is 0.615. The Kier molecular flexibility index (Phi) is 5.61. The lowest BCUT2D eigenvalue weighted by atomic mass is 10.2. The Morgan fingerprint density at radius 3 is 2.25 bits per heavy atom. The van der Waals surface area contributed by atoms with Crippen LogP contribution in [0.15, 0.2) is 39.3 Å². The van der Waals surface area contributed by atoms with Crippen molar-refractivity contribution in [2.24, 2.45) is 0 Å². The van der Waals surface area contributed by atoms with Gasteiger partial charge in [-0.15, -0.1) is 0 Å². The first kappa shape index (κ1) is 16.0. The Morgan fingerprint density at radius 2 is 1.65 bits per heavy atom. The molecule has 2 nitrogen and oxygen atoms in total. The van der Waals surface area contributed by atoms with E-state index in [1.807, 2.05) is 24.3 Å². The van der Waals surface area contributed by atoms with Crippen molar-refractivity contribution in [3.05, 3.63) is 54.9 Å². The first-order valence-corrected chi connectivity index (χ1v) is 8.05. The summed E-state index contributed by atoms with van der Waals surface area (Å²) >= 11 is 18.9. The average Bonchev–Trinajstić information content (AvgIpc) is 2.36. The third-order valence-corrected chi connectivity index (χ3v) is 4.36. The second-order valence-corrected chi connectivity index (χ2v) is 6.68. The molecule has 0 fully saturated rings. The number of halogens is 4. The minimum atomic E-state index is 0.615. The molecule has 0 radical (unpaired) electrons. The lowest BCUT2D eigenvalue weighted by molar-refractivity contribution is 0.412. The van der Waals surface area contributed by atoms with E-state index in [1.54, 1.807) is 13.2 Å². The lowest BCUT2D eigenvalue weighted by Crippen LogP contribution is -2.01. The molecule has 2 rings (SSSR count). The Labute approximate surface area is 144 Å². The summed E-state index contributed by atoms with van der Waals surface area (Å²) < 4.78 is 7.12. The molecule has 0 unspecified atom stereocenters. The number of anilines is 1. The molecule has 2 aromatic carbocycles. The van der Waals surface area contributed by atoms with E-state index in [0.29, 0.717) is 16.6 Å². The van der Waals surface area contributed by atoms with Gasteiger partial charge < -0.3 is 10.1 Å². The van der Waals surface area contributed by atoms with Crippen LogP contribution in [0.5, 0.6) is 5.75 Å². The molecule has 6 heteroatoms. The monoisotopic (exact) mass is 437 g/mol. The van der Waals surface area contributed by atoms with Gasteiger partial charge in [0, 0.05) is 27.1 Å². The van der Waals surface area contributed by atoms with Crippen LogP contribution in [0.1, 0.15) is 5.56 Å². The van der Waals surface area contributed by atoms with Crippen molar-refractivity contribution in [1.82, 2.24) is 0 Å². The smallest absolute Gasteiger partial charge is 0.135 e. The minimum absolute atomic E-state index is 0.615. The summed E-state index contributed by atoms with van der Waals surface area (Å²) in [4.78, 5) is 0. The minimum Gasteiger partial charge on any atom is -0.495 e. The summed E-state index contributed by atoms with van der Waals surface area (Å²) in [5.74, 6) is 0.764. The molecule has 0 aliphatic carbocycles. The Bertz CT molecular complexity index is 615. The van der Waals surface area contributed by atoms with Gasteiger partial charge in [-0.05, 0) is 61.7 Å². The van der Waals surface area contributed by atoms with Gasteiger partial charge in [0.1, 0.15) is 5.75 Å². The van der Waals surface area contributed by atoms with Crippen LogP contribution in [-0.2, 0) is 6.54 Å². The number of nitrogens with one attached hydrogen (secondary N) is 1. The highest BCUT2D eigenvalue weighted by Gasteiger charge is 2.07. The first-order valence-electron chi connectivity index (χ1n) is 5.71. The molecule has 0 amide bonds. The van der Waals surface area contributed by atoms with E-state index >= 15 is 0 Å². The molecule has 0 aromatic heterocycles. The molecule has 20 heavy (non-hydrogen) atoms. The van der Waals surface area contributed by atoms with Crippen LogP contribution in [0.4, 0.5) is 5.69 Å². The van der Waals surface area contributed by atoms with Gasteiger partial charge in [-0.1, -0.05) is 23.2 Å². The van der Waals surface area contributed by atoms with Crippen molar-refractivity contribution in [2.45, 2.75) is 6.54 Å². The molecule has 0 spiro atoms. The highest BCUT2D eigenvalue weighted by Crippen LogP contribution is 2.34. The van der Waals surface area contributed by atoms with Crippen molar-refractivity contribution in [3.8, 4) is 5.75 Å². The molecular formula is C14H11Br2Cl2NO. The van der Waals surface area contributed by atoms with Crippen LogP contribution >= 0.6 is 55.1 Å². The fraction of sp³-hybridized carbons (Fsp3) is 0.143.